The van der Waals surface area contributed by atoms with Crippen molar-refractivity contribution in [3.63, 3.8) is 0 Å². The maximum Gasteiger partial charge on any atom is 0.320 e. The first-order valence-corrected chi connectivity index (χ1v) is 6.53. The van der Waals surface area contributed by atoms with Crippen molar-refractivity contribution in [2.24, 2.45) is 7.05 Å². The number of hydrogen-bond donors (Lipinski definition) is 2. The molecule has 0 aliphatic rings. The largest absolute Gasteiger partial charge is 0.480 e. The molecule has 0 aromatic carbocycles. The van der Waals surface area contributed by atoms with Crippen molar-refractivity contribution >= 4 is 5.97 Å². The summed E-state index contributed by atoms with van der Waals surface area (Å²) in [6, 6.07) is -0.329. The number of aliphatic carboxylic acids is 1. The van der Waals surface area contributed by atoms with E-state index < -0.39 is 12.0 Å². The van der Waals surface area contributed by atoms with Gasteiger partial charge in [-0.1, -0.05) is 13.8 Å². The molecule has 1 heterocycles. The first kappa shape index (κ1) is 15.7. The standard InChI is InChI=1S/C13H24N4O2/c1-10(2)15-11(13(18)19)5-7-16(3)9-12-14-6-8-17(12)4/h6,8,10-11,15H,5,7,9H2,1-4H3,(H,18,19). The van der Waals surface area contributed by atoms with E-state index in [-0.39, 0.29) is 6.04 Å². The summed E-state index contributed by atoms with van der Waals surface area (Å²) in [4.78, 5) is 17.5. The average Bonchev–Trinajstić information content (AvgIpc) is 2.69. The van der Waals surface area contributed by atoms with Crippen LogP contribution in [0, 0.1) is 0 Å². The highest BCUT2D eigenvalue weighted by atomic mass is 16.4. The van der Waals surface area contributed by atoms with Crippen molar-refractivity contribution < 1.29 is 9.90 Å². The monoisotopic (exact) mass is 268 g/mol. The van der Waals surface area contributed by atoms with Gasteiger partial charge in [-0.3, -0.25) is 9.69 Å². The van der Waals surface area contributed by atoms with E-state index in [0.29, 0.717) is 13.0 Å². The number of aromatic nitrogens is 2. The van der Waals surface area contributed by atoms with Crippen LogP contribution in [-0.4, -0.2) is 51.2 Å². The Hall–Kier alpha value is -1.40. The van der Waals surface area contributed by atoms with Crippen LogP contribution in [0.2, 0.25) is 0 Å². The molecule has 0 aliphatic carbocycles. The fourth-order valence-electron chi connectivity index (χ4n) is 1.90. The molecule has 0 saturated carbocycles. The summed E-state index contributed by atoms with van der Waals surface area (Å²) >= 11 is 0. The van der Waals surface area contributed by atoms with Crippen LogP contribution in [0.1, 0.15) is 26.1 Å². The molecule has 0 saturated heterocycles. The van der Waals surface area contributed by atoms with E-state index in [9.17, 15) is 4.79 Å². The van der Waals surface area contributed by atoms with Crippen molar-refractivity contribution in [1.29, 1.82) is 0 Å². The van der Waals surface area contributed by atoms with Gasteiger partial charge < -0.3 is 15.0 Å². The predicted molar refractivity (Wildman–Crippen MR) is 73.9 cm³/mol. The summed E-state index contributed by atoms with van der Waals surface area (Å²) in [5.41, 5.74) is 0. The molecule has 6 heteroatoms. The van der Waals surface area contributed by atoms with E-state index >= 15 is 0 Å². The summed E-state index contributed by atoms with van der Waals surface area (Å²) in [6.45, 7) is 5.34. The molecule has 108 valence electrons. The van der Waals surface area contributed by atoms with E-state index in [4.69, 9.17) is 5.11 Å². The Morgan fingerprint density at radius 1 is 1.58 bits per heavy atom. The normalized spacial score (nSPS) is 13.2. The SMILES string of the molecule is CC(C)NC(CCN(C)Cc1nccn1C)C(=O)O. The molecule has 1 unspecified atom stereocenters. The third-order valence-corrected chi connectivity index (χ3v) is 2.96. The third-order valence-electron chi connectivity index (χ3n) is 2.96. The fraction of sp³-hybridized carbons (Fsp3) is 0.692. The van der Waals surface area contributed by atoms with Gasteiger partial charge >= 0.3 is 5.97 Å². The van der Waals surface area contributed by atoms with Gasteiger partial charge in [-0.2, -0.15) is 0 Å². The lowest BCUT2D eigenvalue weighted by Crippen LogP contribution is -2.42. The van der Waals surface area contributed by atoms with Crippen LogP contribution in [0.25, 0.3) is 0 Å². The molecule has 1 aromatic heterocycles. The molecule has 19 heavy (non-hydrogen) atoms. The molecule has 2 N–H and O–H groups in total. The number of aryl methyl sites for hydroxylation is 1. The molecule has 0 spiro atoms. The van der Waals surface area contributed by atoms with E-state index in [1.54, 1.807) is 6.20 Å². The number of carboxylic acid groups (broad SMARTS) is 1. The number of carboxylic acids is 1. The number of nitrogens with zero attached hydrogens (tertiary/aromatic N) is 3. The zero-order valence-electron chi connectivity index (χ0n) is 12.1. The maximum absolute atomic E-state index is 11.1. The predicted octanol–water partition coefficient (Wildman–Crippen LogP) is 0.693. The quantitative estimate of drug-likeness (QED) is 0.726. The minimum Gasteiger partial charge on any atom is -0.480 e. The number of rotatable bonds is 8. The van der Waals surface area contributed by atoms with Crippen LogP contribution in [0.5, 0.6) is 0 Å². The van der Waals surface area contributed by atoms with E-state index in [0.717, 1.165) is 12.4 Å². The van der Waals surface area contributed by atoms with Gasteiger partial charge in [0.2, 0.25) is 0 Å². The molecular weight excluding hydrogens is 244 g/mol. The summed E-state index contributed by atoms with van der Waals surface area (Å²) in [5.74, 6) is 0.185. The first-order chi connectivity index (χ1) is 8.90. The van der Waals surface area contributed by atoms with Crippen LogP contribution < -0.4 is 5.32 Å². The van der Waals surface area contributed by atoms with Gasteiger partial charge in [-0.25, -0.2) is 4.98 Å². The Bertz CT molecular complexity index is 403. The molecule has 0 fully saturated rings. The summed E-state index contributed by atoms with van der Waals surface area (Å²) < 4.78 is 1.97. The Kier molecular flexibility index (Phi) is 5.98. The Morgan fingerprint density at radius 3 is 2.74 bits per heavy atom. The lowest BCUT2D eigenvalue weighted by atomic mass is 10.2. The molecule has 1 atom stereocenters. The second kappa shape index (κ2) is 7.25. The first-order valence-electron chi connectivity index (χ1n) is 6.53. The highest BCUT2D eigenvalue weighted by Crippen LogP contribution is 2.02. The maximum atomic E-state index is 11.1. The van der Waals surface area contributed by atoms with E-state index in [1.807, 2.05) is 38.7 Å². The van der Waals surface area contributed by atoms with Crippen molar-refractivity contribution in [3.05, 3.63) is 18.2 Å². The number of nitrogens with one attached hydrogen (secondary N) is 1. The van der Waals surface area contributed by atoms with E-state index in [1.165, 1.54) is 0 Å². The lowest BCUT2D eigenvalue weighted by molar-refractivity contribution is -0.139. The second-order valence-electron chi connectivity index (χ2n) is 5.19. The van der Waals surface area contributed by atoms with Crippen molar-refractivity contribution in [3.8, 4) is 0 Å². The van der Waals surface area contributed by atoms with Crippen molar-refractivity contribution in [1.82, 2.24) is 19.8 Å². The minimum absolute atomic E-state index is 0.168. The van der Waals surface area contributed by atoms with Gasteiger partial charge in [0, 0.05) is 32.0 Å². The zero-order valence-corrected chi connectivity index (χ0v) is 12.1. The van der Waals surface area contributed by atoms with Crippen LogP contribution >= 0.6 is 0 Å². The lowest BCUT2D eigenvalue weighted by Gasteiger charge is -2.21. The van der Waals surface area contributed by atoms with Gasteiger partial charge in [0.1, 0.15) is 11.9 Å². The zero-order chi connectivity index (χ0) is 14.4. The van der Waals surface area contributed by atoms with Gasteiger partial charge in [-0.15, -0.1) is 0 Å². The van der Waals surface area contributed by atoms with Crippen molar-refractivity contribution in [2.45, 2.75) is 38.9 Å². The van der Waals surface area contributed by atoms with E-state index in [2.05, 4.69) is 15.2 Å². The minimum atomic E-state index is -0.793. The number of imidazole rings is 1. The smallest absolute Gasteiger partial charge is 0.320 e. The summed E-state index contributed by atoms with van der Waals surface area (Å²) in [7, 11) is 3.93. The molecule has 0 radical (unpaired) electrons. The summed E-state index contributed by atoms with van der Waals surface area (Å²) in [6.07, 6.45) is 4.25. The van der Waals surface area contributed by atoms with Crippen LogP contribution in [-0.2, 0) is 18.4 Å². The molecule has 1 rings (SSSR count). The summed E-state index contributed by atoms with van der Waals surface area (Å²) in [5, 5.41) is 12.2. The Morgan fingerprint density at radius 2 is 2.26 bits per heavy atom. The van der Waals surface area contributed by atoms with Gasteiger partial charge in [0.25, 0.3) is 0 Å². The molecule has 6 nitrogen and oxygen atoms in total. The van der Waals surface area contributed by atoms with Crippen molar-refractivity contribution in [2.75, 3.05) is 13.6 Å². The van der Waals surface area contributed by atoms with Crippen LogP contribution in [0.3, 0.4) is 0 Å². The Labute approximate surface area is 114 Å². The third kappa shape index (κ3) is 5.40. The van der Waals surface area contributed by atoms with Gasteiger partial charge in [0.15, 0.2) is 0 Å². The Balaban J connectivity index is 2.41. The molecule has 0 bridgehead atoms. The van der Waals surface area contributed by atoms with Crippen LogP contribution in [0.15, 0.2) is 12.4 Å². The van der Waals surface area contributed by atoms with Crippen LogP contribution in [0.4, 0.5) is 0 Å². The average molecular weight is 268 g/mol. The number of carbonyl (C=O) groups is 1. The fourth-order valence-corrected chi connectivity index (χ4v) is 1.90. The molecule has 1 aromatic rings. The second-order valence-corrected chi connectivity index (χ2v) is 5.19. The van der Waals surface area contributed by atoms with Gasteiger partial charge in [0.05, 0.1) is 6.54 Å². The highest BCUT2D eigenvalue weighted by Gasteiger charge is 2.18. The molecular formula is C13H24N4O2. The van der Waals surface area contributed by atoms with Gasteiger partial charge in [-0.05, 0) is 13.5 Å². The highest BCUT2D eigenvalue weighted by molar-refractivity contribution is 5.73. The molecule has 0 aliphatic heterocycles. The topological polar surface area (TPSA) is 70.4 Å². The number of hydrogen-bond acceptors (Lipinski definition) is 4. The molecule has 0 amide bonds.